The molecule has 0 radical (unpaired) electrons. The quantitative estimate of drug-likeness (QED) is 0.556. The Morgan fingerprint density at radius 1 is 0.774 bits per heavy atom. The summed E-state index contributed by atoms with van der Waals surface area (Å²) < 4.78 is 5.83. The highest BCUT2D eigenvalue weighted by molar-refractivity contribution is 5.72. The summed E-state index contributed by atoms with van der Waals surface area (Å²) in [6.07, 6.45) is 9.15. The zero-order valence-electron chi connectivity index (χ0n) is 20.6. The molecule has 31 heavy (non-hydrogen) atoms. The van der Waals surface area contributed by atoms with Crippen molar-refractivity contribution in [2.75, 3.05) is 0 Å². The van der Waals surface area contributed by atoms with E-state index in [1.807, 2.05) is 6.92 Å². The fourth-order valence-electron chi connectivity index (χ4n) is 10.4. The van der Waals surface area contributed by atoms with E-state index in [1.165, 1.54) is 12.8 Å². The van der Waals surface area contributed by atoms with Crippen molar-refractivity contribution in [3.05, 3.63) is 0 Å². The number of hydrogen-bond donors (Lipinski definition) is 2. The molecule has 0 bridgehead atoms. The highest BCUT2D eigenvalue weighted by atomic mass is 16.6. The number of aliphatic hydroxyl groups excluding tert-OH is 1. The number of esters is 1. The predicted molar refractivity (Wildman–Crippen MR) is 120 cm³/mol. The molecule has 0 spiro atoms. The van der Waals surface area contributed by atoms with Gasteiger partial charge in [-0.1, -0.05) is 34.6 Å². The monoisotopic (exact) mass is 432 g/mol. The molecule has 1 heterocycles. The van der Waals surface area contributed by atoms with Crippen molar-refractivity contribution < 1.29 is 19.7 Å². The summed E-state index contributed by atoms with van der Waals surface area (Å²) in [6.45, 7) is 14.1. The molecule has 4 saturated carbocycles. The van der Waals surface area contributed by atoms with E-state index in [-0.39, 0.29) is 39.7 Å². The molecule has 5 rings (SSSR count). The summed E-state index contributed by atoms with van der Waals surface area (Å²) in [4.78, 5) is 12.0. The van der Waals surface area contributed by atoms with Gasteiger partial charge in [0.2, 0.25) is 0 Å². The van der Waals surface area contributed by atoms with Gasteiger partial charge in [0.25, 0.3) is 0 Å². The second-order valence-corrected chi connectivity index (χ2v) is 13.6. The second-order valence-electron chi connectivity index (χ2n) is 13.6. The van der Waals surface area contributed by atoms with E-state index in [0.717, 1.165) is 38.5 Å². The minimum Gasteiger partial charge on any atom is -0.456 e. The van der Waals surface area contributed by atoms with Crippen molar-refractivity contribution in [1.82, 2.24) is 0 Å². The topological polar surface area (TPSA) is 66.8 Å². The molecular weight excluding hydrogens is 388 g/mol. The summed E-state index contributed by atoms with van der Waals surface area (Å²) in [5, 5.41) is 23.0. The lowest BCUT2D eigenvalue weighted by Crippen LogP contribution is -2.66. The summed E-state index contributed by atoms with van der Waals surface area (Å²) in [5.41, 5.74) is -1.22. The first kappa shape index (κ1) is 22.2. The van der Waals surface area contributed by atoms with Crippen molar-refractivity contribution in [2.24, 2.45) is 39.4 Å². The Bertz CT molecular complexity index is 792. The van der Waals surface area contributed by atoms with Crippen LogP contribution in [0.3, 0.4) is 0 Å². The summed E-state index contributed by atoms with van der Waals surface area (Å²) >= 11 is 0. The van der Waals surface area contributed by atoms with Crippen LogP contribution in [0.1, 0.15) is 106 Å². The zero-order chi connectivity index (χ0) is 22.7. The van der Waals surface area contributed by atoms with Crippen molar-refractivity contribution in [1.29, 1.82) is 0 Å². The molecule has 1 saturated heterocycles. The fourth-order valence-corrected chi connectivity index (χ4v) is 10.4. The molecule has 1 aliphatic heterocycles. The molecule has 0 aromatic carbocycles. The lowest BCUT2D eigenvalue weighted by atomic mass is 9.35. The minimum absolute atomic E-state index is 0.0337. The number of cyclic esters (lactones) is 1. The molecule has 0 aromatic rings. The van der Waals surface area contributed by atoms with E-state index < -0.39 is 11.2 Å². The maximum atomic E-state index is 12.1. The van der Waals surface area contributed by atoms with Crippen LogP contribution in [-0.2, 0) is 9.53 Å². The molecule has 0 amide bonds. The third-order valence-electron chi connectivity index (χ3n) is 12.5. The number of aliphatic hydroxyl groups is 2. The summed E-state index contributed by atoms with van der Waals surface area (Å²) in [5.74, 6) is 1.20. The Labute approximate surface area is 188 Å². The number of ether oxygens (including phenoxy) is 1. The fraction of sp³-hybridized carbons (Fsp3) is 0.963. The number of hydrogen-bond acceptors (Lipinski definition) is 4. The maximum absolute atomic E-state index is 12.1. The average Bonchev–Trinajstić information content (AvgIpc) is 3.18. The van der Waals surface area contributed by atoms with Crippen LogP contribution in [0.4, 0.5) is 0 Å². The normalized spacial score (nSPS) is 58.3. The standard InChI is InChI=1S/C27H44O4/c1-22(2)17-9-13-24(4)18(23(17,3)12-10-20(22)28)7-8-19-25(24,5)15-16-27(19,30)26(6)14-11-21(29)31-26/h17-20,28,30H,7-16H2,1-6H3. The van der Waals surface area contributed by atoms with Crippen LogP contribution in [0.15, 0.2) is 0 Å². The Morgan fingerprint density at radius 2 is 1.42 bits per heavy atom. The Kier molecular flexibility index (Phi) is 4.50. The zero-order valence-corrected chi connectivity index (χ0v) is 20.6. The van der Waals surface area contributed by atoms with Gasteiger partial charge in [-0.15, -0.1) is 0 Å². The first-order valence-corrected chi connectivity index (χ1v) is 12.9. The van der Waals surface area contributed by atoms with Gasteiger partial charge in [-0.3, -0.25) is 4.79 Å². The lowest BCUT2D eigenvalue weighted by molar-refractivity contribution is -0.245. The summed E-state index contributed by atoms with van der Waals surface area (Å²) in [6, 6.07) is 0. The Hall–Kier alpha value is -0.610. The maximum Gasteiger partial charge on any atom is 0.306 e. The minimum atomic E-state index is -0.915. The third-order valence-corrected chi connectivity index (χ3v) is 12.5. The van der Waals surface area contributed by atoms with Crippen LogP contribution in [0.2, 0.25) is 0 Å². The van der Waals surface area contributed by atoms with Crippen molar-refractivity contribution in [2.45, 2.75) is 123 Å². The van der Waals surface area contributed by atoms with Gasteiger partial charge in [-0.25, -0.2) is 0 Å². The van der Waals surface area contributed by atoms with Gasteiger partial charge in [0, 0.05) is 12.8 Å². The van der Waals surface area contributed by atoms with Gasteiger partial charge in [0.15, 0.2) is 0 Å². The van der Waals surface area contributed by atoms with Gasteiger partial charge >= 0.3 is 5.97 Å². The van der Waals surface area contributed by atoms with E-state index >= 15 is 0 Å². The summed E-state index contributed by atoms with van der Waals surface area (Å²) in [7, 11) is 0. The van der Waals surface area contributed by atoms with Gasteiger partial charge < -0.3 is 14.9 Å². The Morgan fingerprint density at radius 3 is 2.06 bits per heavy atom. The van der Waals surface area contributed by atoms with E-state index in [2.05, 4.69) is 34.6 Å². The number of rotatable bonds is 1. The molecule has 9 atom stereocenters. The van der Waals surface area contributed by atoms with Crippen LogP contribution in [0, 0.1) is 39.4 Å². The molecule has 176 valence electrons. The first-order valence-electron chi connectivity index (χ1n) is 12.9. The number of carbonyl (C=O) groups excluding carboxylic acids is 1. The average molecular weight is 433 g/mol. The number of carbonyl (C=O) groups is 1. The van der Waals surface area contributed by atoms with E-state index in [9.17, 15) is 15.0 Å². The molecule has 5 fully saturated rings. The highest BCUT2D eigenvalue weighted by Gasteiger charge is 2.73. The van der Waals surface area contributed by atoms with Crippen LogP contribution >= 0.6 is 0 Å². The second kappa shape index (κ2) is 6.29. The molecule has 2 N–H and O–H groups in total. The van der Waals surface area contributed by atoms with Crippen LogP contribution < -0.4 is 0 Å². The van der Waals surface area contributed by atoms with Crippen LogP contribution in [0.5, 0.6) is 0 Å². The molecular formula is C27H44O4. The molecule has 0 aromatic heterocycles. The predicted octanol–water partition coefficient (Wildman–Crippen LogP) is 5.24. The Balaban J connectivity index is 1.52. The molecule has 5 aliphatic rings. The van der Waals surface area contributed by atoms with Crippen molar-refractivity contribution in [3.63, 3.8) is 0 Å². The molecule has 4 heteroatoms. The molecule has 9 unspecified atom stereocenters. The van der Waals surface area contributed by atoms with E-state index in [0.29, 0.717) is 24.7 Å². The van der Waals surface area contributed by atoms with Gasteiger partial charge in [-0.05, 0) is 97.7 Å². The van der Waals surface area contributed by atoms with E-state index in [1.54, 1.807) is 0 Å². The van der Waals surface area contributed by atoms with Gasteiger partial charge in [0.1, 0.15) is 11.2 Å². The van der Waals surface area contributed by atoms with Crippen LogP contribution in [0.25, 0.3) is 0 Å². The van der Waals surface area contributed by atoms with Gasteiger partial charge in [0.05, 0.1) is 6.10 Å². The number of fused-ring (bicyclic) bond motifs is 5. The van der Waals surface area contributed by atoms with Gasteiger partial charge in [-0.2, -0.15) is 0 Å². The first-order chi connectivity index (χ1) is 14.2. The molecule has 4 aliphatic carbocycles. The van der Waals surface area contributed by atoms with Crippen LogP contribution in [-0.4, -0.2) is 33.5 Å². The lowest BCUT2D eigenvalue weighted by Gasteiger charge is -2.70. The SMILES string of the molecule is CC1(C)C(O)CCC2(C)C1CCC1(C)C2CCC2C1(C)CCC2(O)C1(C)CCC(=O)O1. The smallest absolute Gasteiger partial charge is 0.306 e. The largest absolute Gasteiger partial charge is 0.456 e. The van der Waals surface area contributed by atoms with Crippen molar-refractivity contribution >= 4 is 5.97 Å². The van der Waals surface area contributed by atoms with Crippen molar-refractivity contribution in [3.8, 4) is 0 Å². The molecule has 4 nitrogen and oxygen atoms in total. The highest BCUT2D eigenvalue weighted by Crippen LogP contribution is 2.76. The van der Waals surface area contributed by atoms with E-state index in [4.69, 9.17) is 4.74 Å². The third kappa shape index (κ3) is 2.47.